The van der Waals surface area contributed by atoms with Crippen molar-refractivity contribution in [3.63, 3.8) is 0 Å². The molecule has 0 unspecified atom stereocenters. The van der Waals surface area contributed by atoms with Gasteiger partial charge in [0.15, 0.2) is 0 Å². The Balaban J connectivity index is 1.79. The van der Waals surface area contributed by atoms with Gasteiger partial charge in [0.1, 0.15) is 0 Å². The Morgan fingerprint density at radius 1 is 1.05 bits per heavy atom. The number of carbonyl (C=O) groups excluding carboxylic acids is 1. The van der Waals surface area contributed by atoms with E-state index >= 15 is 0 Å². The van der Waals surface area contributed by atoms with E-state index in [0.717, 1.165) is 21.5 Å². The van der Waals surface area contributed by atoms with Crippen molar-refractivity contribution in [1.29, 1.82) is 0 Å². The number of thiophene rings is 1. The first-order valence-corrected chi connectivity index (χ1v) is 7.90. The summed E-state index contributed by atoms with van der Waals surface area (Å²) < 4.78 is 0. The standard InChI is InChI=1S/C18H16N2OS/c1-12-9-17(11-22-12)18(21)20-19-13(2)15-8-7-14-5-3-4-6-16(14)10-15/h3-11H,1-2H3,(H,20,21)/b19-13+. The van der Waals surface area contributed by atoms with Crippen LogP contribution in [0, 0.1) is 6.92 Å². The van der Waals surface area contributed by atoms with Gasteiger partial charge in [-0.15, -0.1) is 11.3 Å². The van der Waals surface area contributed by atoms with E-state index in [1.54, 1.807) is 11.3 Å². The van der Waals surface area contributed by atoms with Gasteiger partial charge in [-0.2, -0.15) is 5.10 Å². The lowest BCUT2D eigenvalue weighted by Gasteiger charge is -2.04. The zero-order chi connectivity index (χ0) is 15.5. The smallest absolute Gasteiger partial charge is 0.267 e. The fourth-order valence-electron chi connectivity index (χ4n) is 2.24. The summed E-state index contributed by atoms with van der Waals surface area (Å²) in [7, 11) is 0. The Morgan fingerprint density at radius 2 is 1.82 bits per heavy atom. The Morgan fingerprint density at radius 3 is 2.55 bits per heavy atom. The predicted molar refractivity (Wildman–Crippen MR) is 92.7 cm³/mol. The maximum Gasteiger partial charge on any atom is 0.272 e. The van der Waals surface area contributed by atoms with E-state index in [-0.39, 0.29) is 5.91 Å². The van der Waals surface area contributed by atoms with Gasteiger partial charge in [-0.1, -0.05) is 36.4 Å². The fourth-order valence-corrected chi connectivity index (χ4v) is 2.92. The number of nitrogens with zero attached hydrogens (tertiary/aromatic N) is 1. The number of hydrogen-bond acceptors (Lipinski definition) is 3. The van der Waals surface area contributed by atoms with Crippen molar-refractivity contribution in [2.24, 2.45) is 5.10 Å². The van der Waals surface area contributed by atoms with Gasteiger partial charge in [0.05, 0.1) is 11.3 Å². The molecule has 0 fully saturated rings. The van der Waals surface area contributed by atoms with Crippen molar-refractivity contribution in [3.8, 4) is 0 Å². The molecule has 4 heteroatoms. The van der Waals surface area contributed by atoms with E-state index in [0.29, 0.717) is 5.56 Å². The minimum absolute atomic E-state index is 0.176. The summed E-state index contributed by atoms with van der Waals surface area (Å²) in [5, 5.41) is 8.40. The third-order valence-electron chi connectivity index (χ3n) is 3.49. The maximum absolute atomic E-state index is 12.0. The van der Waals surface area contributed by atoms with Gasteiger partial charge in [-0.05, 0) is 42.3 Å². The minimum Gasteiger partial charge on any atom is -0.267 e. The number of amides is 1. The molecule has 1 amide bonds. The molecule has 1 heterocycles. The molecule has 0 saturated heterocycles. The van der Waals surface area contributed by atoms with Crippen molar-refractivity contribution >= 4 is 33.7 Å². The molecule has 3 aromatic rings. The first-order valence-electron chi connectivity index (χ1n) is 7.02. The molecule has 0 spiro atoms. The van der Waals surface area contributed by atoms with E-state index in [4.69, 9.17) is 0 Å². The molecule has 0 radical (unpaired) electrons. The second kappa shape index (κ2) is 6.12. The molecule has 0 aliphatic carbocycles. The highest BCUT2D eigenvalue weighted by atomic mass is 32.1. The Bertz CT molecular complexity index is 864. The van der Waals surface area contributed by atoms with Gasteiger partial charge in [0.25, 0.3) is 5.91 Å². The van der Waals surface area contributed by atoms with Gasteiger partial charge in [0, 0.05) is 10.3 Å². The molecular formula is C18H16N2OS. The molecule has 0 bridgehead atoms. The number of benzene rings is 2. The summed E-state index contributed by atoms with van der Waals surface area (Å²) in [5.41, 5.74) is 5.05. The Kier molecular flexibility index (Phi) is 4.02. The van der Waals surface area contributed by atoms with Crippen LogP contribution in [0.5, 0.6) is 0 Å². The van der Waals surface area contributed by atoms with Gasteiger partial charge >= 0.3 is 0 Å². The van der Waals surface area contributed by atoms with E-state index in [1.807, 2.05) is 43.5 Å². The number of hydrazone groups is 1. The van der Waals surface area contributed by atoms with E-state index < -0.39 is 0 Å². The molecular weight excluding hydrogens is 292 g/mol. The number of aryl methyl sites for hydroxylation is 1. The molecule has 2 aromatic carbocycles. The highest BCUT2D eigenvalue weighted by molar-refractivity contribution is 7.10. The average molecular weight is 308 g/mol. The highest BCUT2D eigenvalue weighted by Crippen LogP contribution is 2.16. The van der Waals surface area contributed by atoms with Crippen LogP contribution in [0.25, 0.3) is 10.8 Å². The first-order chi connectivity index (χ1) is 10.6. The van der Waals surface area contributed by atoms with Crippen LogP contribution in [0.3, 0.4) is 0 Å². The molecule has 0 aliphatic rings. The number of rotatable bonds is 3. The van der Waals surface area contributed by atoms with E-state index in [9.17, 15) is 4.79 Å². The van der Waals surface area contributed by atoms with Crippen LogP contribution < -0.4 is 5.43 Å². The number of fused-ring (bicyclic) bond motifs is 1. The van der Waals surface area contributed by atoms with E-state index in [2.05, 4.69) is 34.8 Å². The topological polar surface area (TPSA) is 41.5 Å². The summed E-state index contributed by atoms with van der Waals surface area (Å²) >= 11 is 1.56. The van der Waals surface area contributed by atoms with Crippen LogP contribution in [0.4, 0.5) is 0 Å². The largest absolute Gasteiger partial charge is 0.272 e. The zero-order valence-electron chi connectivity index (χ0n) is 12.5. The predicted octanol–water partition coefficient (Wildman–Crippen LogP) is 4.36. The van der Waals surface area contributed by atoms with Gasteiger partial charge < -0.3 is 0 Å². The SMILES string of the molecule is C/C(=N\NC(=O)c1csc(C)c1)c1ccc2ccccc2c1. The lowest BCUT2D eigenvalue weighted by molar-refractivity contribution is 0.0955. The maximum atomic E-state index is 12.0. The second-order valence-corrected chi connectivity index (χ2v) is 6.26. The third kappa shape index (κ3) is 3.07. The monoisotopic (exact) mass is 308 g/mol. The van der Waals surface area contributed by atoms with Crippen LogP contribution in [-0.4, -0.2) is 11.6 Å². The molecule has 3 nitrogen and oxygen atoms in total. The highest BCUT2D eigenvalue weighted by Gasteiger charge is 2.07. The molecule has 1 N–H and O–H groups in total. The zero-order valence-corrected chi connectivity index (χ0v) is 13.3. The molecule has 0 aliphatic heterocycles. The Hall–Kier alpha value is -2.46. The van der Waals surface area contributed by atoms with Crippen molar-refractivity contribution in [2.75, 3.05) is 0 Å². The van der Waals surface area contributed by atoms with Crippen molar-refractivity contribution in [2.45, 2.75) is 13.8 Å². The minimum atomic E-state index is -0.176. The molecule has 110 valence electrons. The van der Waals surface area contributed by atoms with Crippen molar-refractivity contribution < 1.29 is 4.79 Å². The summed E-state index contributed by atoms with van der Waals surface area (Å²) in [6.07, 6.45) is 0. The number of carbonyl (C=O) groups is 1. The summed E-state index contributed by atoms with van der Waals surface area (Å²) in [6.45, 7) is 3.87. The summed E-state index contributed by atoms with van der Waals surface area (Å²) in [5.74, 6) is -0.176. The quantitative estimate of drug-likeness (QED) is 0.567. The fraction of sp³-hybridized carbons (Fsp3) is 0.111. The molecule has 0 saturated carbocycles. The Labute approximate surface area is 133 Å². The van der Waals surface area contributed by atoms with Gasteiger partial charge in [-0.25, -0.2) is 5.43 Å². The normalized spacial score (nSPS) is 11.6. The number of hydrogen-bond donors (Lipinski definition) is 1. The van der Waals surface area contributed by atoms with Crippen molar-refractivity contribution in [3.05, 3.63) is 69.9 Å². The second-order valence-electron chi connectivity index (χ2n) is 5.15. The molecule has 1 aromatic heterocycles. The molecule has 3 rings (SSSR count). The lowest BCUT2D eigenvalue weighted by atomic mass is 10.0. The van der Waals surface area contributed by atoms with Crippen LogP contribution in [0.15, 0.2) is 59.0 Å². The van der Waals surface area contributed by atoms with Crippen molar-refractivity contribution in [1.82, 2.24) is 5.43 Å². The van der Waals surface area contributed by atoms with E-state index in [1.165, 1.54) is 5.39 Å². The lowest BCUT2D eigenvalue weighted by Crippen LogP contribution is -2.18. The third-order valence-corrected chi connectivity index (χ3v) is 4.35. The van der Waals surface area contributed by atoms with Crippen LogP contribution in [0.1, 0.15) is 27.7 Å². The average Bonchev–Trinajstić information content (AvgIpc) is 2.98. The summed E-state index contributed by atoms with van der Waals surface area (Å²) in [4.78, 5) is 13.1. The van der Waals surface area contributed by atoms with Gasteiger partial charge in [-0.3, -0.25) is 4.79 Å². The van der Waals surface area contributed by atoms with Crippen LogP contribution in [0.2, 0.25) is 0 Å². The number of nitrogens with one attached hydrogen (secondary N) is 1. The molecule has 22 heavy (non-hydrogen) atoms. The van der Waals surface area contributed by atoms with Crippen LogP contribution >= 0.6 is 11.3 Å². The summed E-state index contributed by atoms with van der Waals surface area (Å²) in [6, 6.07) is 16.2. The molecule has 0 atom stereocenters. The van der Waals surface area contributed by atoms with Gasteiger partial charge in [0.2, 0.25) is 0 Å². The van der Waals surface area contributed by atoms with Crippen LogP contribution in [-0.2, 0) is 0 Å². The first kappa shape index (κ1) is 14.5.